The van der Waals surface area contributed by atoms with E-state index < -0.39 is 0 Å². The number of nitrogens with one attached hydrogen (secondary N) is 1. The minimum Gasteiger partial charge on any atom is -0.508 e. The third-order valence-electron chi connectivity index (χ3n) is 4.11. The van der Waals surface area contributed by atoms with Crippen LogP contribution in [-0.2, 0) is 0 Å². The predicted molar refractivity (Wildman–Crippen MR) is 94.8 cm³/mol. The van der Waals surface area contributed by atoms with Crippen molar-refractivity contribution in [2.24, 2.45) is 0 Å². The van der Waals surface area contributed by atoms with Gasteiger partial charge in [0, 0.05) is 23.7 Å². The molecule has 118 valence electrons. The van der Waals surface area contributed by atoms with E-state index in [2.05, 4.69) is 48.2 Å². The molecule has 1 atom stereocenters. The van der Waals surface area contributed by atoms with Gasteiger partial charge in [0.2, 0.25) is 5.95 Å². The first-order valence-electron chi connectivity index (χ1n) is 7.90. The number of aromatic nitrogens is 2. The Morgan fingerprint density at radius 3 is 2.70 bits per heavy atom. The van der Waals surface area contributed by atoms with Gasteiger partial charge in [-0.3, -0.25) is 0 Å². The Labute approximate surface area is 136 Å². The van der Waals surface area contributed by atoms with Crippen molar-refractivity contribution in [1.29, 1.82) is 0 Å². The van der Waals surface area contributed by atoms with Crippen LogP contribution in [0.3, 0.4) is 0 Å². The van der Waals surface area contributed by atoms with E-state index in [0.717, 1.165) is 34.0 Å². The second kappa shape index (κ2) is 6.24. The number of aryl methyl sites for hydroxylation is 1. The van der Waals surface area contributed by atoms with Gasteiger partial charge in [-0.2, -0.15) is 0 Å². The molecule has 3 aromatic rings. The molecule has 2 N–H and O–H groups in total. The molecule has 0 aliphatic rings. The van der Waals surface area contributed by atoms with Gasteiger partial charge in [0.15, 0.2) is 0 Å². The third kappa shape index (κ3) is 3.11. The van der Waals surface area contributed by atoms with Crippen LogP contribution in [0.1, 0.15) is 25.8 Å². The maximum absolute atomic E-state index is 10.1. The average Bonchev–Trinajstić information content (AvgIpc) is 2.54. The summed E-state index contributed by atoms with van der Waals surface area (Å²) in [5.74, 6) is 0.803. The first-order chi connectivity index (χ1) is 11.1. The standard InChI is InChI=1S/C19H21N3O/c1-4-13(3)21-19-20-11-17-16(9-14(23)10-18(17)22-19)15-8-6-5-7-12(15)2/h5-11,13,23H,4H2,1-3H3,(H,20,21,22)/t13-/m0/s1. The number of fused-ring (bicyclic) bond motifs is 1. The summed E-state index contributed by atoms with van der Waals surface area (Å²) in [6.45, 7) is 6.26. The zero-order chi connectivity index (χ0) is 16.4. The van der Waals surface area contributed by atoms with Gasteiger partial charge in [0.25, 0.3) is 0 Å². The molecule has 0 aliphatic heterocycles. The largest absolute Gasteiger partial charge is 0.508 e. The van der Waals surface area contributed by atoms with E-state index in [-0.39, 0.29) is 5.75 Å². The van der Waals surface area contributed by atoms with Gasteiger partial charge in [-0.15, -0.1) is 0 Å². The van der Waals surface area contributed by atoms with Crippen LogP contribution in [0.25, 0.3) is 22.0 Å². The first-order valence-corrected chi connectivity index (χ1v) is 7.90. The molecule has 23 heavy (non-hydrogen) atoms. The van der Waals surface area contributed by atoms with Crippen LogP contribution < -0.4 is 5.32 Å². The molecule has 0 saturated heterocycles. The minimum atomic E-state index is 0.212. The number of hydrogen-bond acceptors (Lipinski definition) is 4. The van der Waals surface area contributed by atoms with E-state index in [0.29, 0.717) is 12.0 Å². The summed E-state index contributed by atoms with van der Waals surface area (Å²) in [4.78, 5) is 8.99. The van der Waals surface area contributed by atoms with Crippen LogP contribution in [-0.4, -0.2) is 21.1 Å². The smallest absolute Gasteiger partial charge is 0.223 e. The van der Waals surface area contributed by atoms with E-state index in [9.17, 15) is 5.11 Å². The van der Waals surface area contributed by atoms with Crippen molar-refractivity contribution < 1.29 is 5.11 Å². The van der Waals surface area contributed by atoms with Gasteiger partial charge in [-0.1, -0.05) is 31.2 Å². The van der Waals surface area contributed by atoms with Gasteiger partial charge in [-0.05, 0) is 43.0 Å². The molecule has 4 nitrogen and oxygen atoms in total. The molecule has 3 rings (SSSR count). The molecule has 0 unspecified atom stereocenters. The lowest BCUT2D eigenvalue weighted by molar-refractivity contribution is 0.476. The fraction of sp³-hybridized carbons (Fsp3) is 0.263. The lowest BCUT2D eigenvalue weighted by atomic mass is 9.97. The fourth-order valence-electron chi connectivity index (χ4n) is 2.61. The maximum atomic E-state index is 10.1. The van der Waals surface area contributed by atoms with Gasteiger partial charge < -0.3 is 10.4 Å². The molecule has 0 radical (unpaired) electrons. The van der Waals surface area contributed by atoms with Crippen molar-refractivity contribution in [1.82, 2.24) is 9.97 Å². The number of hydrogen-bond donors (Lipinski definition) is 2. The molecule has 1 heterocycles. The Morgan fingerprint density at radius 2 is 1.96 bits per heavy atom. The van der Waals surface area contributed by atoms with Gasteiger partial charge in [0.1, 0.15) is 5.75 Å². The Kier molecular flexibility index (Phi) is 4.15. The van der Waals surface area contributed by atoms with Crippen molar-refractivity contribution >= 4 is 16.9 Å². The van der Waals surface area contributed by atoms with Crippen LogP contribution in [0.2, 0.25) is 0 Å². The number of nitrogens with zero attached hydrogens (tertiary/aromatic N) is 2. The van der Waals surface area contributed by atoms with Gasteiger partial charge >= 0.3 is 0 Å². The van der Waals surface area contributed by atoms with Crippen LogP contribution in [0.4, 0.5) is 5.95 Å². The molecule has 0 aliphatic carbocycles. The highest BCUT2D eigenvalue weighted by Gasteiger charge is 2.11. The summed E-state index contributed by atoms with van der Waals surface area (Å²) >= 11 is 0. The number of aromatic hydroxyl groups is 1. The van der Waals surface area contributed by atoms with E-state index in [1.807, 2.05) is 18.3 Å². The summed E-state index contributed by atoms with van der Waals surface area (Å²) in [6.07, 6.45) is 2.82. The number of benzene rings is 2. The molecule has 0 fully saturated rings. The predicted octanol–water partition coefficient (Wildman–Crippen LogP) is 4.52. The molecule has 0 spiro atoms. The zero-order valence-electron chi connectivity index (χ0n) is 13.7. The molecular weight excluding hydrogens is 286 g/mol. The molecule has 0 saturated carbocycles. The third-order valence-corrected chi connectivity index (χ3v) is 4.11. The molecule has 0 bridgehead atoms. The lowest BCUT2D eigenvalue weighted by Crippen LogP contribution is -2.15. The normalized spacial score (nSPS) is 12.3. The van der Waals surface area contributed by atoms with Crippen LogP contribution in [0.5, 0.6) is 5.75 Å². The van der Waals surface area contributed by atoms with Crippen molar-refractivity contribution in [3.8, 4) is 16.9 Å². The summed E-state index contributed by atoms with van der Waals surface area (Å²) in [5.41, 5.74) is 3.93. The Morgan fingerprint density at radius 1 is 1.17 bits per heavy atom. The van der Waals surface area contributed by atoms with E-state index >= 15 is 0 Å². The SMILES string of the molecule is CC[C@H](C)Nc1ncc2c(-c3ccccc3C)cc(O)cc2n1. The monoisotopic (exact) mass is 307 g/mol. The number of rotatable bonds is 4. The summed E-state index contributed by atoms with van der Waals surface area (Å²) in [7, 11) is 0. The second-order valence-electron chi connectivity index (χ2n) is 5.89. The zero-order valence-corrected chi connectivity index (χ0v) is 13.7. The van der Waals surface area contributed by atoms with E-state index in [1.165, 1.54) is 0 Å². The second-order valence-corrected chi connectivity index (χ2v) is 5.89. The molecule has 4 heteroatoms. The number of phenols is 1. The highest BCUT2D eigenvalue weighted by atomic mass is 16.3. The van der Waals surface area contributed by atoms with Crippen molar-refractivity contribution in [3.05, 3.63) is 48.2 Å². The molecular formula is C19H21N3O. The Bertz CT molecular complexity index is 845. The van der Waals surface area contributed by atoms with Crippen molar-refractivity contribution in [2.45, 2.75) is 33.2 Å². The Balaban J connectivity index is 2.15. The van der Waals surface area contributed by atoms with E-state index in [4.69, 9.17) is 0 Å². The summed E-state index contributed by atoms with van der Waals surface area (Å²) < 4.78 is 0. The highest BCUT2D eigenvalue weighted by molar-refractivity contribution is 5.96. The van der Waals surface area contributed by atoms with E-state index in [1.54, 1.807) is 12.1 Å². The van der Waals surface area contributed by atoms with Crippen LogP contribution in [0, 0.1) is 6.92 Å². The number of phenolic OH excluding ortho intramolecular Hbond substituents is 1. The molecule has 1 aromatic heterocycles. The Hall–Kier alpha value is -2.62. The molecule has 2 aromatic carbocycles. The summed E-state index contributed by atoms with van der Waals surface area (Å²) in [5, 5.41) is 14.3. The van der Waals surface area contributed by atoms with Crippen LogP contribution >= 0.6 is 0 Å². The minimum absolute atomic E-state index is 0.212. The average molecular weight is 307 g/mol. The highest BCUT2D eigenvalue weighted by Crippen LogP contribution is 2.33. The van der Waals surface area contributed by atoms with Gasteiger partial charge in [0.05, 0.1) is 5.52 Å². The van der Waals surface area contributed by atoms with Crippen molar-refractivity contribution in [3.63, 3.8) is 0 Å². The fourth-order valence-corrected chi connectivity index (χ4v) is 2.61. The first kappa shape index (κ1) is 15.3. The van der Waals surface area contributed by atoms with Gasteiger partial charge in [-0.25, -0.2) is 9.97 Å². The number of anilines is 1. The summed E-state index contributed by atoms with van der Waals surface area (Å²) in [6, 6.07) is 11.9. The maximum Gasteiger partial charge on any atom is 0.223 e. The van der Waals surface area contributed by atoms with Crippen molar-refractivity contribution in [2.75, 3.05) is 5.32 Å². The lowest BCUT2D eigenvalue weighted by Gasteiger charge is -2.13. The topological polar surface area (TPSA) is 58.0 Å². The van der Waals surface area contributed by atoms with Crippen LogP contribution in [0.15, 0.2) is 42.6 Å². The quantitative estimate of drug-likeness (QED) is 0.744. The molecule has 0 amide bonds.